The van der Waals surface area contributed by atoms with Crippen LogP contribution in [0.4, 0.5) is 5.69 Å². The fraction of sp³-hybridized carbons (Fsp3) is 0.625. The van der Waals surface area contributed by atoms with Gasteiger partial charge in [-0.05, 0) is 38.1 Å². The molecule has 4 nitrogen and oxygen atoms in total. The van der Waals surface area contributed by atoms with Crippen molar-refractivity contribution in [3.8, 4) is 0 Å². The fourth-order valence-corrected chi connectivity index (χ4v) is 3.09. The molecule has 2 rings (SSSR count). The largest absolute Gasteiger partial charge is 0.394 e. The van der Waals surface area contributed by atoms with Gasteiger partial charge in [0.1, 0.15) is 0 Å². The number of nitrogens with one attached hydrogen (secondary N) is 1. The number of aliphatic hydroxyl groups excluding tert-OH is 1. The quantitative estimate of drug-likeness (QED) is 0.877. The maximum Gasteiger partial charge on any atom is 0.0981 e. The van der Waals surface area contributed by atoms with Crippen LogP contribution in [0, 0.1) is 0 Å². The summed E-state index contributed by atoms with van der Waals surface area (Å²) in [5.41, 5.74) is 2.20. The number of aliphatic hydroxyl groups is 1. The number of hydrogen-bond acceptors (Lipinski definition) is 4. The molecule has 118 valence electrons. The second-order valence-corrected chi connectivity index (χ2v) is 6.03. The average Bonchev–Trinajstić information content (AvgIpc) is 2.47. The first kappa shape index (κ1) is 16.6. The number of nitrogens with zero attached hydrogens (tertiary/aromatic N) is 1. The van der Waals surface area contributed by atoms with Gasteiger partial charge in [0.2, 0.25) is 0 Å². The minimum absolute atomic E-state index is 0.0481. The Morgan fingerprint density at radius 1 is 1.52 bits per heavy atom. The third-order valence-corrected chi connectivity index (χ3v) is 4.33. The maximum atomic E-state index is 9.29. The highest BCUT2D eigenvalue weighted by atomic mass is 35.5. The molecule has 1 heterocycles. The summed E-state index contributed by atoms with van der Waals surface area (Å²) in [5.74, 6) is 0. The Bertz CT molecular complexity index is 470. The van der Waals surface area contributed by atoms with Crippen LogP contribution in [0.15, 0.2) is 18.2 Å². The van der Waals surface area contributed by atoms with E-state index < -0.39 is 0 Å². The summed E-state index contributed by atoms with van der Waals surface area (Å²) in [4.78, 5) is 2.25. The van der Waals surface area contributed by atoms with Crippen molar-refractivity contribution >= 4 is 17.3 Å². The molecule has 0 bridgehead atoms. The SMILES string of the molecule is CCNC(C)c1ccc(N2CC(CO)OCC2C)cc1Cl. The van der Waals surface area contributed by atoms with E-state index in [1.165, 1.54) is 0 Å². The monoisotopic (exact) mass is 312 g/mol. The third kappa shape index (κ3) is 3.89. The van der Waals surface area contributed by atoms with Gasteiger partial charge in [-0.2, -0.15) is 0 Å². The second kappa shape index (κ2) is 7.45. The number of morpholine rings is 1. The molecule has 0 amide bonds. The molecule has 1 aliphatic rings. The summed E-state index contributed by atoms with van der Waals surface area (Å²) in [6, 6.07) is 6.72. The van der Waals surface area contributed by atoms with Gasteiger partial charge in [0.25, 0.3) is 0 Å². The molecular formula is C16H25ClN2O2. The normalized spacial score (nSPS) is 24.1. The summed E-state index contributed by atoms with van der Waals surface area (Å²) >= 11 is 6.45. The van der Waals surface area contributed by atoms with Crippen molar-refractivity contribution in [3.05, 3.63) is 28.8 Å². The van der Waals surface area contributed by atoms with Crippen LogP contribution in [-0.2, 0) is 4.74 Å². The zero-order chi connectivity index (χ0) is 15.4. The van der Waals surface area contributed by atoms with E-state index in [1.807, 2.05) is 6.07 Å². The van der Waals surface area contributed by atoms with Crippen LogP contribution in [0.3, 0.4) is 0 Å². The van der Waals surface area contributed by atoms with Gasteiger partial charge in [-0.1, -0.05) is 24.6 Å². The van der Waals surface area contributed by atoms with Crippen molar-refractivity contribution < 1.29 is 9.84 Å². The van der Waals surface area contributed by atoms with Gasteiger partial charge in [0.05, 0.1) is 19.3 Å². The molecule has 0 spiro atoms. The molecule has 5 heteroatoms. The van der Waals surface area contributed by atoms with E-state index in [0.717, 1.165) is 22.8 Å². The van der Waals surface area contributed by atoms with Gasteiger partial charge in [0.15, 0.2) is 0 Å². The summed E-state index contributed by atoms with van der Waals surface area (Å²) in [6.45, 7) is 8.60. The molecule has 3 atom stereocenters. The highest BCUT2D eigenvalue weighted by Gasteiger charge is 2.26. The average molecular weight is 313 g/mol. The number of halogens is 1. The predicted molar refractivity (Wildman–Crippen MR) is 87.2 cm³/mol. The van der Waals surface area contributed by atoms with Crippen molar-refractivity contribution in [2.75, 3.05) is 31.2 Å². The first-order valence-corrected chi connectivity index (χ1v) is 7.96. The number of benzene rings is 1. The molecule has 1 fully saturated rings. The Balaban J connectivity index is 2.18. The van der Waals surface area contributed by atoms with Crippen molar-refractivity contribution in [2.24, 2.45) is 0 Å². The zero-order valence-corrected chi connectivity index (χ0v) is 13.7. The number of hydrogen-bond donors (Lipinski definition) is 2. The predicted octanol–water partition coefficient (Wildman–Crippen LogP) is 2.60. The lowest BCUT2D eigenvalue weighted by Gasteiger charge is -2.39. The highest BCUT2D eigenvalue weighted by molar-refractivity contribution is 6.31. The summed E-state index contributed by atoms with van der Waals surface area (Å²) < 4.78 is 5.58. The van der Waals surface area contributed by atoms with Crippen LogP contribution in [0.5, 0.6) is 0 Å². The van der Waals surface area contributed by atoms with Gasteiger partial charge < -0.3 is 20.1 Å². The standard InChI is InChI=1S/C16H25ClN2O2/c1-4-18-12(3)15-6-5-13(7-16(15)17)19-8-14(9-20)21-10-11(19)2/h5-7,11-12,14,18,20H,4,8-10H2,1-3H3. The molecule has 1 aliphatic heterocycles. The van der Waals surface area contributed by atoms with Gasteiger partial charge in [-0.25, -0.2) is 0 Å². The van der Waals surface area contributed by atoms with Crippen molar-refractivity contribution in [3.63, 3.8) is 0 Å². The smallest absolute Gasteiger partial charge is 0.0981 e. The molecule has 0 aromatic heterocycles. The maximum absolute atomic E-state index is 9.29. The highest BCUT2D eigenvalue weighted by Crippen LogP contribution is 2.30. The Kier molecular flexibility index (Phi) is 5.88. The van der Waals surface area contributed by atoms with Crippen LogP contribution in [0.1, 0.15) is 32.4 Å². The van der Waals surface area contributed by atoms with E-state index in [4.69, 9.17) is 16.3 Å². The lowest BCUT2D eigenvalue weighted by Crippen LogP contribution is -2.49. The fourth-order valence-electron chi connectivity index (χ4n) is 2.75. The Morgan fingerprint density at radius 3 is 2.90 bits per heavy atom. The van der Waals surface area contributed by atoms with E-state index in [0.29, 0.717) is 13.2 Å². The Hall–Kier alpha value is -0.810. The van der Waals surface area contributed by atoms with Gasteiger partial charge in [0, 0.05) is 29.3 Å². The molecule has 1 aromatic carbocycles. The first-order valence-electron chi connectivity index (χ1n) is 7.58. The topological polar surface area (TPSA) is 44.7 Å². The van der Waals surface area contributed by atoms with E-state index in [9.17, 15) is 5.11 Å². The van der Waals surface area contributed by atoms with Crippen molar-refractivity contribution in [1.29, 1.82) is 0 Å². The van der Waals surface area contributed by atoms with Crippen LogP contribution in [0.25, 0.3) is 0 Å². The molecular weight excluding hydrogens is 288 g/mol. The summed E-state index contributed by atoms with van der Waals surface area (Å²) in [6.07, 6.45) is -0.125. The van der Waals surface area contributed by atoms with E-state index in [-0.39, 0.29) is 24.8 Å². The first-order chi connectivity index (χ1) is 10.1. The minimum Gasteiger partial charge on any atom is -0.394 e. The van der Waals surface area contributed by atoms with Crippen LogP contribution in [0.2, 0.25) is 5.02 Å². The van der Waals surface area contributed by atoms with E-state index >= 15 is 0 Å². The van der Waals surface area contributed by atoms with Crippen molar-refractivity contribution in [1.82, 2.24) is 5.32 Å². The minimum atomic E-state index is -0.125. The van der Waals surface area contributed by atoms with Crippen molar-refractivity contribution in [2.45, 2.75) is 39.0 Å². The van der Waals surface area contributed by atoms with Crippen LogP contribution >= 0.6 is 11.6 Å². The molecule has 1 aromatic rings. The molecule has 1 saturated heterocycles. The number of ether oxygens (including phenoxy) is 1. The lowest BCUT2D eigenvalue weighted by molar-refractivity contribution is -0.0103. The van der Waals surface area contributed by atoms with Gasteiger partial charge >= 0.3 is 0 Å². The molecule has 21 heavy (non-hydrogen) atoms. The van der Waals surface area contributed by atoms with Gasteiger partial charge in [-0.3, -0.25) is 0 Å². The summed E-state index contributed by atoms with van der Waals surface area (Å²) in [5, 5.41) is 13.4. The number of rotatable bonds is 5. The molecule has 3 unspecified atom stereocenters. The Labute approximate surface area is 132 Å². The van der Waals surface area contributed by atoms with E-state index in [2.05, 4.69) is 43.1 Å². The molecule has 0 saturated carbocycles. The Morgan fingerprint density at radius 2 is 2.29 bits per heavy atom. The molecule has 0 radical (unpaired) electrons. The summed E-state index contributed by atoms with van der Waals surface area (Å²) in [7, 11) is 0. The molecule has 0 aliphatic carbocycles. The second-order valence-electron chi connectivity index (χ2n) is 5.62. The number of anilines is 1. The lowest BCUT2D eigenvalue weighted by atomic mass is 10.1. The van der Waals surface area contributed by atoms with Gasteiger partial charge in [-0.15, -0.1) is 0 Å². The third-order valence-electron chi connectivity index (χ3n) is 4.00. The van der Waals surface area contributed by atoms with Crippen LogP contribution in [-0.4, -0.2) is 43.6 Å². The zero-order valence-electron chi connectivity index (χ0n) is 13.0. The molecule has 2 N–H and O–H groups in total. The van der Waals surface area contributed by atoms with E-state index in [1.54, 1.807) is 0 Å². The van der Waals surface area contributed by atoms with Crippen LogP contribution < -0.4 is 10.2 Å².